The molecule has 8 nitrogen and oxygen atoms in total. The maximum atomic E-state index is 7.34. The van der Waals surface area contributed by atoms with Crippen molar-refractivity contribution >= 4 is 11.9 Å². The Bertz CT molecular complexity index is 243. The molecule has 0 saturated heterocycles. The molecule has 0 fully saturated rings. The first-order valence-electron chi connectivity index (χ1n) is 7.62. The van der Waals surface area contributed by atoms with E-state index in [9.17, 15) is 0 Å². The van der Waals surface area contributed by atoms with Crippen LogP contribution in [0.5, 0.6) is 0 Å². The van der Waals surface area contributed by atoms with E-state index in [2.05, 4.69) is 31.9 Å². The summed E-state index contributed by atoms with van der Waals surface area (Å²) in [7, 11) is 3.48. The summed E-state index contributed by atoms with van der Waals surface area (Å²) >= 11 is 0. The van der Waals surface area contributed by atoms with E-state index < -0.39 is 0 Å². The van der Waals surface area contributed by atoms with Crippen molar-refractivity contribution in [1.29, 1.82) is 10.8 Å². The zero-order chi connectivity index (χ0) is 15.8. The Morgan fingerprint density at radius 1 is 0.619 bits per heavy atom. The van der Waals surface area contributed by atoms with Gasteiger partial charge in [0.15, 0.2) is 11.9 Å². The standard InChI is InChI=1S/C13H32N8/c1-16-12(14)20-10-4-8-18-6-3-7-19-9-5-11-21-13(15)17-2/h18-19H,3-11H2,1-2H3,(H3,14,16,20)(H3,15,17,21). The minimum atomic E-state index is 0.374. The molecule has 0 spiro atoms. The Morgan fingerprint density at radius 3 is 1.29 bits per heavy atom. The molecule has 0 aromatic rings. The van der Waals surface area contributed by atoms with Crippen LogP contribution in [0.15, 0.2) is 0 Å². The van der Waals surface area contributed by atoms with Crippen molar-refractivity contribution in [3.05, 3.63) is 0 Å². The molecule has 0 unspecified atom stereocenters. The van der Waals surface area contributed by atoms with Crippen LogP contribution in [0.1, 0.15) is 19.3 Å². The Balaban J connectivity index is 3.06. The topological polar surface area (TPSA) is 120 Å². The van der Waals surface area contributed by atoms with Crippen LogP contribution in [-0.4, -0.2) is 65.3 Å². The second-order valence-electron chi connectivity index (χ2n) is 4.66. The molecule has 0 aliphatic heterocycles. The van der Waals surface area contributed by atoms with Gasteiger partial charge in [0.25, 0.3) is 0 Å². The van der Waals surface area contributed by atoms with Crippen molar-refractivity contribution in [3.63, 3.8) is 0 Å². The third-order valence-corrected chi connectivity index (χ3v) is 2.87. The van der Waals surface area contributed by atoms with Crippen molar-refractivity contribution in [2.45, 2.75) is 19.3 Å². The van der Waals surface area contributed by atoms with E-state index >= 15 is 0 Å². The van der Waals surface area contributed by atoms with Crippen molar-refractivity contribution < 1.29 is 0 Å². The molecule has 0 heterocycles. The number of rotatable bonds is 12. The molecule has 0 aliphatic carbocycles. The van der Waals surface area contributed by atoms with Gasteiger partial charge >= 0.3 is 0 Å². The largest absolute Gasteiger partial charge is 0.360 e. The van der Waals surface area contributed by atoms with E-state index in [-0.39, 0.29) is 0 Å². The molecular weight excluding hydrogens is 268 g/mol. The van der Waals surface area contributed by atoms with Gasteiger partial charge in [-0.1, -0.05) is 0 Å². The van der Waals surface area contributed by atoms with Crippen LogP contribution >= 0.6 is 0 Å². The highest BCUT2D eigenvalue weighted by Gasteiger charge is 1.93. The number of hydrogen-bond donors (Lipinski definition) is 8. The van der Waals surface area contributed by atoms with Crippen LogP contribution < -0.4 is 31.9 Å². The molecule has 0 atom stereocenters. The first kappa shape index (κ1) is 19.5. The highest BCUT2D eigenvalue weighted by atomic mass is 15.1. The molecule has 0 aromatic heterocycles. The van der Waals surface area contributed by atoms with Crippen LogP contribution in [0.25, 0.3) is 0 Å². The lowest BCUT2D eigenvalue weighted by Gasteiger charge is -2.09. The van der Waals surface area contributed by atoms with Gasteiger partial charge in [0, 0.05) is 27.2 Å². The van der Waals surface area contributed by atoms with Gasteiger partial charge in [0.1, 0.15) is 0 Å². The van der Waals surface area contributed by atoms with Gasteiger partial charge in [-0.05, 0) is 45.4 Å². The Labute approximate surface area is 128 Å². The van der Waals surface area contributed by atoms with Crippen molar-refractivity contribution in [2.24, 2.45) is 0 Å². The first-order chi connectivity index (χ1) is 10.2. The van der Waals surface area contributed by atoms with E-state index in [1.54, 1.807) is 14.1 Å². The van der Waals surface area contributed by atoms with Crippen LogP contribution in [-0.2, 0) is 0 Å². The average molecular weight is 300 g/mol. The lowest BCUT2D eigenvalue weighted by molar-refractivity contribution is 0.571. The summed E-state index contributed by atoms with van der Waals surface area (Å²) < 4.78 is 0. The summed E-state index contributed by atoms with van der Waals surface area (Å²) in [6.07, 6.45) is 3.14. The Hall–Kier alpha value is -1.54. The molecule has 0 saturated carbocycles. The maximum absolute atomic E-state index is 7.34. The summed E-state index contributed by atoms with van der Waals surface area (Å²) in [6, 6.07) is 0. The Kier molecular flexibility index (Phi) is 13.8. The Morgan fingerprint density at radius 2 is 0.952 bits per heavy atom. The summed E-state index contributed by atoms with van der Waals surface area (Å²) in [5.74, 6) is 0.747. The molecule has 124 valence electrons. The zero-order valence-electron chi connectivity index (χ0n) is 13.4. The predicted octanol–water partition coefficient (Wildman–Crippen LogP) is -1.18. The lowest BCUT2D eigenvalue weighted by Crippen LogP contribution is -2.35. The van der Waals surface area contributed by atoms with Gasteiger partial charge in [-0.3, -0.25) is 10.8 Å². The summed E-state index contributed by atoms with van der Waals surface area (Å²) in [5.41, 5.74) is 0. The molecule has 0 aromatic carbocycles. The van der Waals surface area contributed by atoms with Crippen molar-refractivity contribution in [3.8, 4) is 0 Å². The molecule has 0 amide bonds. The molecule has 8 N–H and O–H groups in total. The highest BCUT2D eigenvalue weighted by molar-refractivity contribution is 5.76. The fourth-order valence-electron chi connectivity index (χ4n) is 1.62. The van der Waals surface area contributed by atoms with E-state index in [4.69, 9.17) is 10.8 Å². The number of hydrogen-bond acceptors (Lipinski definition) is 4. The van der Waals surface area contributed by atoms with Crippen LogP contribution in [0.2, 0.25) is 0 Å². The summed E-state index contributed by atoms with van der Waals surface area (Å²) in [5, 5.41) is 32.9. The van der Waals surface area contributed by atoms with Crippen LogP contribution in [0.4, 0.5) is 0 Å². The SMILES string of the molecule is CNC(=N)NCCCNCCCNCCCNC(=N)NC. The monoisotopic (exact) mass is 300 g/mol. The fourth-order valence-corrected chi connectivity index (χ4v) is 1.62. The van der Waals surface area contributed by atoms with Gasteiger partial charge < -0.3 is 31.9 Å². The van der Waals surface area contributed by atoms with Crippen molar-refractivity contribution in [1.82, 2.24) is 31.9 Å². The number of guanidine groups is 2. The zero-order valence-corrected chi connectivity index (χ0v) is 13.4. The van der Waals surface area contributed by atoms with E-state index in [0.717, 1.165) is 58.5 Å². The number of nitrogens with one attached hydrogen (secondary N) is 8. The minimum absolute atomic E-state index is 0.374. The quantitative estimate of drug-likeness (QED) is 0.131. The lowest BCUT2D eigenvalue weighted by atomic mass is 10.3. The fraction of sp³-hybridized carbons (Fsp3) is 0.846. The molecule has 21 heavy (non-hydrogen) atoms. The maximum Gasteiger partial charge on any atom is 0.188 e. The van der Waals surface area contributed by atoms with Crippen LogP contribution in [0, 0.1) is 10.8 Å². The smallest absolute Gasteiger partial charge is 0.188 e. The minimum Gasteiger partial charge on any atom is -0.360 e. The predicted molar refractivity (Wildman–Crippen MR) is 89.2 cm³/mol. The van der Waals surface area contributed by atoms with E-state index in [0.29, 0.717) is 11.9 Å². The molecular formula is C13H32N8. The van der Waals surface area contributed by atoms with Gasteiger partial charge in [-0.25, -0.2) is 0 Å². The van der Waals surface area contributed by atoms with Gasteiger partial charge in [0.05, 0.1) is 0 Å². The molecule has 8 heteroatoms. The van der Waals surface area contributed by atoms with Gasteiger partial charge in [-0.15, -0.1) is 0 Å². The molecule has 0 aliphatic rings. The second-order valence-corrected chi connectivity index (χ2v) is 4.66. The molecule has 0 rings (SSSR count). The summed E-state index contributed by atoms with van der Waals surface area (Å²) in [6.45, 7) is 5.61. The normalized spacial score (nSPS) is 10.0. The first-order valence-corrected chi connectivity index (χ1v) is 7.62. The molecule has 0 bridgehead atoms. The molecule has 0 radical (unpaired) electrons. The van der Waals surface area contributed by atoms with Crippen molar-refractivity contribution in [2.75, 3.05) is 53.4 Å². The second kappa shape index (κ2) is 14.9. The highest BCUT2D eigenvalue weighted by Crippen LogP contribution is 1.79. The van der Waals surface area contributed by atoms with Crippen LogP contribution in [0.3, 0.4) is 0 Å². The van der Waals surface area contributed by atoms with E-state index in [1.165, 1.54) is 0 Å². The third kappa shape index (κ3) is 14.7. The van der Waals surface area contributed by atoms with E-state index in [1.807, 2.05) is 0 Å². The van der Waals surface area contributed by atoms with Gasteiger partial charge in [0.2, 0.25) is 0 Å². The summed E-state index contributed by atoms with van der Waals surface area (Å²) in [4.78, 5) is 0. The van der Waals surface area contributed by atoms with Gasteiger partial charge in [-0.2, -0.15) is 0 Å². The average Bonchev–Trinajstić information content (AvgIpc) is 2.51. The third-order valence-electron chi connectivity index (χ3n) is 2.87.